The number of nitrogens with zero attached hydrogens (tertiary/aromatic N) is 2. The van der Waals surface area contributed by atoms with Crippen molar-refractivity contribution in [2.24, 2.45) is 0 Å². The van der Waals surface area contributed by atoms with Crippen LogP contribution in [0, 0.1) is 0 Å². The van der Waals surface area contributed by atoms with Gasteiger partial charge in [-0.1, -0.05) is 11.6 Å². The second-order valence-electron chi connectivity index (χ2n) is 4.66. The summed E-state index contributed by atoms with van der Waals surface area (Å²) in [5.41, 5.74) is 0.892. The summed E-state index contributed by atoms with van der Waals surface area (Å²) in [5, 5.41) is 4.60. The molecule has 0 N–H and O–H groups in total. The van der Waals surface area contributed by atoms with E-state index in [0.29, 0.717) is 47.8 Å². The van der Waals surface area contributed by atoms with E-state index < -0.39 is 10.8 Å². The van der Waals surface area contributed by atoms with Gasteiger partial charge in [0.25, 0.3) is 0 Å². The van der Waals surface area contributed by atoms with Crippen molar-refractivity contribution in [2.75, 3.05) is 19.0 Å². The lowest BCUT2D eigenvalue weighted by atomic mass is 10.2. The molecule has 3 rings (SSSR count). The molecule has 21 heavy (non-hydrogen) atoms. The summed E-state index contributed by atoms with van der Waals surface area (Å²) in [4.78, 5) is 0. The molecule has 2 aromatic rings. The predicted octanol–water partition coefficient (Wildman–Crippen LogP) is 2.26. The Morgan fingerprint density at radius 2 is 2.19 bits per heavy atom. The molecule has 2 heterocycles. The fourth-order valence-corrected chi connectivity index (χ4v) is 3.50. The number of rotatable bonds is 5. The van der Waals surface area contributed by atoms with E-state index in [0.717, 1.165) is 5.56 Å². The van der Waals surface area contributed by atoms with Crippen molar-refractivity contribution >= 4 is 22.4 Å². The van der Waals surface area contributed by atoms with Crippen LogP contribution >= 0.6 is 11.6 Å². The zero-order valence-electron chi connectivity index (χ0n) is 11.3. The molecule has 0 amide bonds. The molecule has 7 heteroatoms. The average Bonchev–Trinajstić information content (AvgIpc) is 2.98. The summed E-state index contributed by atoms with van der Waals surface area (Å²) in [6.07, 6.45) is 3.57. The van der Waals surface area contributed by atoms with Crippen LogP contribution in [0.4, 0.5) is 0 Å². The Morgan fingerprint density at radius 1 is 1.33 bits per heavy atom. The fourth-order valence-electron chi connectivity index (χ4n) is 2.13. The zero-order valence-corrected chi connectivity index (χ0v) is 12.9. The SMILES string of the molecule is O=[S@@](CCn1cccn1)Cc1cc(Cl)c2c(c1)OCCO2. The largest absolute Gasteiger partial charge is 0.486 e. The molecule has 0 unspecified atom stereocenters. The van der Waals surface area contributed by atoms with Crippen LogP contribution in [0.15, 0.2) is 30.6 Å². The molecule has 0 radical (unpaired) electrons. The van der Waals surface area contributed by atoms with Crippen molar-refractivity contribution in [1.82, 2.24) is 9.78 Å². The van der Waals surface area contributed by atoms with E-state index in [9.17, 15) is 4.21 Å². The average molecular weight is 327 g/mol. The van der Waals surface area contributed by atoms with E-state index >= 15 is 0 Å². The summed E-state index contributed by atoms with van der Waals surface area (Å²) < 4.78 is 24.9. The van der Waals surface area contributed by atoms with Gasteiger partial charge in [-0.3, -0.25) is 8.89 Å². The van der Waals surface area contributed by atoms with Gasteiger partial charge in [-0.25, -0.2) is 0 Å². The van der Waals surface area contributed by atoms with Crippen molar-refractivity contribution in [3.63, 3.8) is 0 Å². The van der Waals surface area contributed by atoms with Crippen molar-refractivity contribution in [2.45, 2.75) is 12.3 Å². The molecule has 1 aromatic carbocycles. The minimum Gasteiger partial charge on any atom is -0.486 e. The Hall–Kier alpha value is -1.53. The second-order valence-corrected chi connectivity index (χ2v) is 6.64. The van der Waals surface area contributed by atoms with Gasteiger partial charge in [0.15, 0.2) is 11.5 Å². The summed E-state index contributed by atoms with van der Waals surface area (Å²) in [5.74, 6) is 2.20. The van der Waals surface area contributed by atoms with Crippen LogP contribution in [0.3, 0.4) is 0 Å². The van der Waals surface area contributed by atoms with Crippen molar-refractivity contribution < 1.29 is 13.7 Å². The summed E-state index contributed by atoms with van der Waals surface area (Å²) in [6.45, 7) is 1.65. The molecule has 1 aliphatic rings. The van der Waals surface area contributed by atoms with E-state index in [4.69, 9.17) is 21.1 Å². The van der Waals surface area contributed by atoms with Gasteiger partial charge in [0.2, 0.25) is 0 Å². The summed E-state index contributed by atoms with van der Waals surface area (Å²) >= 11 is 6.17. The molecule has 0 bridgehead atoms. The van der Waals surface area contributed by atoms with Gasteiger partial charge in [0.05, 0.1) is 11.6 Å². The normalized spacial score (nSPS) is 14.9. The van der Waals surface area contributed by atoms with Crippen LogP contribution in [0.1, 0.15) is 5.56 Å². The van der Waals surface area contributed by atoms with Crippen molar-refractivity contribution in [1.29, 1.82) is 0 Å². The highest BCUT2D eigenvalue weighted by molar-refractivity contribution is 7.84. The van der Waals surface area contributed by atoms with E-state index in [1.165, 1.54) is 0 Å². The summed E-state index contributed by atoms with van der Waals surface area (Å²) in [7, 11) is -0.981. The highest BCUT2D eigenvalue weighted by Gasteiger charge is 2.17. The number of benzene rings is 1. The van der Waals surface area contributed by atoms with Crippen LogP contribution < -0.4 is 9.47 Å². The van der Waals surface area contributed by atoms with Gasteiger partial charge in [-0.15, -0.1) is 0 Å². The Kier molecular flexibility index (Phi) is 4.45. The van der Waals surface area contributed by atoms with Gasteiger partial charge in [-0.2, -0.15) is 5.10 Å². The fraction of sp³-hybridized carbons (Fsp3) is 0.357. The Bertz CT molecular complexity index is 646. The molecular formula is C14H15ClN2O3S. The van der Waals surface area contributed by atoms with Gasteiger partial charge in [0, 0.05) is 34.7 Å². The van der Waals surface area contributed by atoms with Crippen molar-refractivity contribution in [3.05, 3.63) is 41.2 Å². The van der Waals surface area contributed by atoms with Gasteiger partial charge >= 0.3 is 0 Å². The van der Waals surface area contributed by atoms with E-state index in [1.807, 2.05) is 18.3 Å². The third-order valence-corrected chi connectivity index (χ3v) is 4.67. The molecule has 0 aliphatic carbocycles. The number of halogens is 1. The second kappa shape index (κ2) is 6.49. The summed E-state index contributed by atoms with van der Waals surface area (Å²) in [6, 6.07) is 5.50. The quantitative estimate of drug-likeness (QED) is 0.845. The first-order valence-corrected chi connectivity index (χ1v) is 8.49. The highest BCUT2D eigenvalue weighted by atomic mass is 35.5. The minimum absolute atomic E-state index is 0.442. The maximum absolute atomic E-state index is 12.1. The lowest BCUT2D eigenvalue weighted by Gasteiger charge is -2.20. The Balaban J connectivity index is 1.64. The number of hydrogen-bond donors (Lipinski definition) is 0. The molecule has 0 saturated carbocycles. The number of aryl methyl sites for hydroxylation is 1. The first kappa shape index (κ1) is 14.4. The smallest absolute Gasteiger partial charge is 0.179 e. The van der Waals surface area contributed by atoms with Crippen LogP contribution in [-0.4, -0.2) is 33.0 Å². The lowest BCUT2D eigenvalue weighted by Crippen LogP contribution is -2.16. The Labute approximate surface area is 130 Å². The highest BCUT2D eigenvalue weighted by Crippen LogP contribution is 2.38. The number of hydrogen-bond acceptors (Lipinski definition) is 4. The third-order valence-electron chi connectivity index (χ3n) is 3.09. The van der Waals surface area contributed by atoms with Crippen molar-refractivity contribution in [3.8, 4) is 11.5 Å². The van der Waals surface area contributed by atoms with Gasteiger partial charge < -0.3 is 9.47 Å². The first-order chi connectivity index (χ1) is 10.2. The standard InChI is InChI=1S/C14H15ClN2O3S/c15-12-8-11(9-13-14(12)20-6-5-19-13)10-21(18)7-4-17-3-1-2-16-17/h1-3,8-9H,4-7,10H2/t21-/m0/s1. The molecular weight excluding hydrogens is 312 g/mol. The minimum atomic E-state index is -0.981. The number of aromatic nitrogens is 2. The number of ether oxygens (including phenoxy) is 2. The van der Waals surface area contributed by atoms with Crippen LogP contribution in [0.2, 0.25) is 5.02 Å². The van der Waals surface area contributed by atoms with Crippen LogP contribution in [0.5, 0.6) is 11.5 Å². The third kappa shape index (κ3) is 3.57. The molecule has 112 valence electrons. The van der Waals surface area contributed by atoms with E-state index in [2.05, 4.69) is 5.10 Å². The van der Waals surface area contributed by atoms with E-state index in [-0.39, 0.29) is 0 Å². The van der Waals surface area contributed by atoms with Gasteiger partial charge in [-0.05, 0) is 23.8 Å². The van der Waals surface area contributed by atoms with Crippen LogP contribution in [-0.2, 0) is 23.1 Å². The van der Waals surface area contributed by atoms with Gasteiger partial charge in [0.1, 0.15) is 13.2 Å². The molecule has 1 aromatic heterocycles. The maximum atomic E-state index is 12.1. The maximum Gasteiger partial charge on any atom is 0.179 e. The number of fused-ring (bicyclic) bond motifs is 1. The Morgan fingerprint density at radius 3 is 3.00 bits per heavy atom. The zero-order chi connectivity index (χ0) is 14.7. The lowest BCUT2D eigenvalue weighted by molar-refractivity contribution is 0.171. The first-order valence-electron chi connectivity index (χ1n) is 6.63. The molecule has 1 aliphatic heterocycles. The molecule has 0 saturated heterocycles. The topological polar surface area (TPSA) is 53.4 Å². The molecule has 0 spiro atoms. The van der Waals surface area contributed by atoms with Crippen LogP contribution in [0.25, 0.3) is 0 Å². The monoisotopic (exact) mass is 326 g/mol. The molecule has 0 fully saturated rings. The molecule has 5 nitrogen and oxygen atoms in total. The molecule has 1 atom stereocenters. The predicted molar refractivity (Wildman–Crippen MR) is 81.4 cm³/mol. The van der Waals surface area contributed by atoms with E-state index in [1.54, 1.807) is 16.9 Å².